The van der Waals surface area contributed by atoms with E-state index >= 15 is 0 Å². The Morgan fingerprint density at radius 1 is 0.960 bits per heavy atom. The van der Waals surface area contributed by atoms with Crippen molar-refractivity contribution in [2.75, 3.05) is 14.2 Å². The first-order valence-corrected chi connectivity index (χ1v) is 10.3. The molecule has 8 atom stereocenters. The van der Waals surface area contributed by atoms with Gasteiger partial charge in [-0.1, -0.05) is 25.5 Å². The molecule has 3 fully saturated rings. The van der Waals surface area contributed by atoms with E-state index in [0.717, 1.165) is 19.3 Å². The molecular weight excluding hydrogens is 312 g/mol. The van der Waals surface area contributed by atoms with Gasteiger partial charge in [0.1, 0.15) is 0 Å². The van der Waals surface area contributed by atoms with E-state index in [4.69, 9.17) is 9.47 Å². The van der Waals surface area contributed by atoms with Crippen LogP contribution in [0.25, 0.3) is 0 Å². The molecule has 0 unspecified atom stereocenters. The number of hydrogen-bond donors (Lipinski definition) is 1. The van der Waals surface area contributed by atoms with Crippen LogP contribution >= 0.6 is 0 Å². The molecule has 4 aliphatic carbocycles. The summed E-state index contributed by atoms with van der Waals surface area (Å²) in [5.74, 6) is 1.52. The lowest BCUT2D eigenvalue weighted by Gasteiger charge is -2.61. The van der Waals surface area contributed by atoms with Gasteiger partial charge >= 0.3 is 0 Å². The van der Waals surface area contributed by atoms with Crippen molar-refractivity contribution in [3.8, 4) is 0 Å². The first kappa shape index (κ1) is 18.0. The van der Waals surface area contributed by atoms with Gasteiger partial charge in [-0.25, -0.2) is 0 Å². The molecule has 3 heteroatoms. The molecule has 0 aromatic carbocycles. The molecule has 0 aliphatic heterocycles. The Labute approximate surface area is 153 Å². The zero-order chi connectivity index (χ0) is 18.0. The van der Waals surface area contributed by atoms with Crippen LogP contribution in [0.1, 0.15) is 65.7 Å². The van der Waals surface area contributed by atoms with E-state index < -0.39 is 5.60 Å². The summed E-state index contributed by atoms with van der Waals surface area (Å²) in [4.78, 5) is 0. The molecule has 0 saturated heterocycles. The second-order valence-electron chi connectivity index (χ2n) is 10.00. The van der Waals surface area contributed by atoms with Crippen LogP contribution < -0.4 is 0 Å². The van der Waals surface area contributed by atoms with Gasteiger partial charge in [-0.15, -0.1) is 0 Å². The number of aliphatic hydroxyl groups is 1. The standard InChI is InChI=1S/C22H36O3/c1-20-10-8-15(24-4)12-14(20)13-22(3,23)19-16-6-7-18(25-5)21(16,2)11-9-17(19)20/h13,15-19,23H,6-12H2,1-5H3/t15-,16-,17-,18-,19-,20-,21-,22-/m0/s1. The van der Waals surface area contributed by atoms with Crippen molar-refractivity contribution in [3.63, 3.8) is 0 Å². The summed E-state index contributed by atoms with van der Waals surface area (Å²) in [6, 6.07) is 0. The Morgan fingerprint density at radius 2 is 1.72 bits per heavy atom. The minimum Gasteiger partial charge on any atom is -0.386 e. The van der Waals surface area contributed by atoms with Crippen LogP contribution in [0.3, 0.4) is 0 Å². The molecule has 3 saturated carbocycles. The zero-order valence-corrected chi connectivity index (χ0v) is 16.7. The van der Waals surface area contributed by atoms with Gasteiger partial charge in [0.25, 0.3) is 0 Å². The van der Waals surface area contributed by atoms with Gasteiger partial charge in [-0.3, -0.25) is 0 Å². The second kappa shape index (κ2) is 5.81. The number of fused-ring (bicyclic) bond motifs is 5. The summed E-state index contributed by atoms with van der Waals surface area (Å²) in [7, 11) is 3.70. The summed E-state index contributed by atoms with van der Waals surface area (Å²) < 4.78 is 11.5. The molecule has 0 bridgehead atoms. The van der Waals surface area contributed by atoms with Crippen LogP contribution in [-0.2, 0) is 9.47 Å². The summed E-state index contributed by atoms with van der Waals surface area (Å²) in [6.45, 7) is 6.97. The second-order valence-corrected chi connectivity index (χ2v) is 10.00. The third-order valence-corrected chi connectivity index (χ3v) is 8.93. The van der Waals surface area contributed by atoms with Gasteiger partial charge in [0.05, 0.1) is 17.8 Å². The Hall–Kier alpha value is -0.380. The van der Waals surface area contributed by atoms with Crippen molar-refractivity contribution in [1.29, 1.82) is 0 Å². The van der Waals surface area contributed by atoms with E-state index in [2.05, 4.69) is 26.8 Å². The average Bonchev–Trinajstić information content (AvgIpc) is 2.91. The van der Waals surface area contributed by atoms with Crippen molar-refractivity contribution >= 4 is 0 Å². The maximum absolute atomic E-state index is 11.5. The van der Waals surface area contributed by atoms with E-state index in [1.165, 1.54) is 31.3 Å². The number of hydrogen-bond acceptors (Lipinski definition) is 3. The quantitative estimate of drug-likeness (QED) is 0.755. The van der Waals surface area contributed by atoms with Crippen molar-refractivity contribution in [1.82, 2.24) is 0 Å². The molecule has 0 amide bonds. The summed E-state index contributed by atoms with van der Waals surface area (Å²) in [6.07, 6.45) is 11.1. The van der Waals surface area contributed by atoms with Gasteiger partial charge < -0.3 is 14.6 Å². The minimum absolute atomic E-state index is 0.228. The number of rotatable bonds is 2. The molecule has 142 valence electrons. The lowest BCUT2D eigenvalue weighted by molar-refractivity contribution is -0.143. The van der Waals surface area contributed by atoms with Gasteiger partial charge in [0.15, 0.2) is 0 Å². The van der Waals surface area contributed by atoms with Gasteiger partial charge in [0.2, 0.25) is 0 Å². The van der Waals surface area contributed by atoms with E-state index in [-0.39, 0.29) is 10.8 Å². The molecule has 4 aliphatic rings. The highest BCUT2D eigenvalue weighted by Gasteiger charge is 2.63. The van der Waals surface area contributed by atoms with Crippen LogP contribution in [0.4, 0.5) is 0 Å². The predicted octanol–water partition coefficient (Wildman–Crippen LogP) is 4.34. The average molecular weight is 349 g/mol. The first-order chi connectivity index (χ1) is 11.8. The van der Waals surface area contributed by atoms with Crippen LogP contribution in [0.15, 0.2) is 11.6 Å². The molecular formula is C22H36O3. The fraction of sp³-hybridized carbons (Fsp3) is 0.909. The van der Waals surface area contributed by atoms with Gasteiger partial charge in [-0.2, -0.15) is 0 Å². The largest absolute Gasteiger partial charge is 0.386 e. The number of methoxy groups -OCH3 is 2. The Morgan fingerprint density at radius 3 is 2.40 bits per heavy atom. The minimum atomic E-state index is -0.704. The topological polar surface area (TPSA) is 38.7 Å². The Bertz CT molecular complexity index is 568. The third kappa shape index (κ3) is 2.41. The normalized spacial score (nSPS) is 55.1. The molecule has 0 spiro atoms. The monoisotopic (exact) mass is 348 g/mol. The maximum Gasteiger partial charge on any atom is 0.0836 e. The fourth-order valence-corrected chi connectivity index (χ4v) is 7.51. The molecule has 0 aromatic heterocycles. The van der Waals surface area contributed by atoms with Crippen LogP contribution in [-0.4, -0.2) is 37.1 Å². The molecule has 0 radical (unpaired) electrons. The highest BCUT2D eigenvalue weighted by molar-refractivity contribution is 5.31. The van der Waals surface area contributed by atoms with E-state index in [1.807, 2.05) is 14.2 Å². The zero-order valence-electron chi connectivity index (χ0n) is 16.7. The van der Waals surface area contributed by atoms with Gasteiger partial charge in [0, 0.05) is 14.2 Å². The van der Waals surface area contributed by atoms with Crippen LogP contribution in [0.2, 0.25) is 0 Å². The van der Waals surface area contributed by atoms with Gasteiger partial charge in [-0.05, 0) is 80.5 Å². The summed E-state index contributed by atoms with van der Waals surface area (Å²) in [5.41, 5.74) is 1.23. The molecule has 25 heavy (non-hydrogen) atoms. The van der Waals surface area contributed by atoms with Crippen LogP contribution in [0.5, 0.6) is 0 Å². The molecule has 1 N–H and O–H groups in total. The molecule has 3 nitrogen and oxygen atoms in total. The SMILES string of the molecule is CO[C@H]1CC[C@@]2(C)C(=C[C@](C)(O)[C@H]3[C@@H]4CC[C@H](OC)[C@@]4(C)CC[C@@H]32)C1. The summed E-state index contributed by atoms with van der Waals surface area (Å²) in [5, 5.41) is 11.5. The molecule has 4 rings (SSSR count). The van der Waals surface area contributed by atoms with E-state index in [1.54, 1.807) is 0 Å². The molecule has 0 aromatic rings. The van der Waals surface area contributed by atoms with Crippen molar-refractivity contribution in [2.45, 2.75) is 83.5 Å². The van der Waals surface area contributed by atoms with Crippen LogP contribution in [0, 0.1) is 28.6 Å². The van der Waals surface area contributed by atoms with E-state index in [9.17, 15) is 5.11 Å². The lowest BCUT2D eigenvalue weighted by atomic mass is 9.45. The highest BCUT2D eigenvalue weighted by Crippen LogP contribution is 2.67. The predicted molar refractivity (Wildman–Crippen MR) is 99.3 cm³/mol. The third-order valence-electron chi connectivity index (χ3n) is 8.93. The Kier molecular flexibility index (Phi) is 4.18. The first-order valence-electron chi connectivity index (χ1n) is 10.3. The fourth-order valence-electron chi connectivity index (χ4n) is 7.51. The molecule has 0 heterocycles. The maximum atomic E-state index is 11.5. The highest BCUT2D eigenvalue weighted by atomic mass is 16.5. The smallest absolute Gasteiger partial charge is 0.0836 e. The van der Waals surface area contributed by atoms with Crippen molar-refractivity contribution in [3.05, 3.63) is 11.6 Å². The lowest BCUT2D eigenvalue weighted by Crippen LogP contribution is -2.59. The Balaban J connectivity index is 1.74. The summed E-state index contributed by atoms with van der Waals surface area (Å²) >= 11 is 0. The van der Waals surface area contributed by atoms with Crippen molar-refractivity contribution in [2.24, 2.45) is 28.6 Å². The number of ether oxygens (including phenoxy) is 2. The van der Waals surface area contributed by atoms with E-state index in [0.29, 0.717) is 30.0 Å². The van der Waals surface area contributed by atoms with Crippen molar-refractivity contribution < 1.29 is 14.6 Å².